The van der Waals surface area contributed by atoms with E-state index in [9.17, 15) is 13.2 Å². The number of hydrogen-bond acceptors (Lipinski definition) is 3. The van der Waals surface area contributed by atoms with E-state index >= 15 is 0 Å². The minimum atomic E-state index is -4.53. The molecule has 0 radical (unpaired) electrons. The summed E-state index contributed by atoms with van der Waals surface area (Å²) in [6.45, 7) is 3.13. The van der Waals surface area contributed by atoms with Gasteiger partial charge in [0.15, 0.2) is 0 Å². The molecule has 16 heavy (non-hydrogen) atoms. The number of halogens is 4. The van der Waals surface area contributed by atoms with Crippen LogP contribution in [0.4, 0.5) is 13.2 Å². The summed E-state index contributed by atoms with van der Waals surface area (Å²) in [5.74, 6) is 0. The standard InChI is InChI=1S/C9H15BrF3NO2/c1-7-5-14(6-8(4-10)16-7)2-3-15-9(11,12)13/h7-8H,2-6H2,1H3. The van der Waals surface area contributed by atoms with Gasteiger partial charge in [-0.1, -0.05) is 15.9 Å². The van der Waals surface area contributed by atoms with Gasteiger partial charge < -0.3 is 4.74 Å². The molecule has 96 valence electrons. The van der Waals surface area contributed by atoms with E-state index in [1.54, 1.807) is 0 Å². The number of rotatable bonds is 4. The molecule has 3 nitrogen and oxygen atoms in total. The van der Waals surface area contributed by atoms with Crippen LogP contribution in [0.15, 0.2) is 0 Å². The quantitative estimate of drug-likeness (QED) is 0.742. The molecule has 1 heterocycles. The summed E-state index contributed by atoms with van der Waals surface area (Å²) < 4.78 is 44.6. The Balaban J connectivity index is 2.26. The first kappa shape index (κ1) is 14.2. The average molecular weight is 306 g/mol. The van der Waals surface area contributed by atoms with Crippen LogP contribution in [0.3, 0.4) is 0 Å². The average Bonchev–Trinajstić information content (AvgIpc) is 2.14. The van der Waals surface area contributed by atoms with Crippen LogP contribution >= 0.6 is 15.9 Å². The van der Waals surface area contributed by atoms with Crippen molar-refractivity contribution < 1.29 is 22.6 Å². The summed E-state index contributed by atoms with van der Waals surface area (Å²) in [6, 6.07) is 0. The van der Waals surface area contributed by atoms with Crippen molar-refractivity contribution in [2.75, 3.05) is 31.6 Å². The molecule has 0 N–H and O–H groups in total. The van der Waals surface area contributed by atoms with Gasteiger partial charge in [0.25, 0.3) is 0 Å². The van der Waals surface area contributed by atoms with Crippen molar-refractivity contribution in [1.29, 1.82) is 0 Å². The van der Waals surface area contributed by atoms with Crippen LogP contribution in [0, 0.1) is 0 Å². The van der Waals surface area contributed by atoms with Gasteiger partial charge >= 0.3 is 6.36 Å². The van der Waals surface area contributed by atoms with E-state index in [0.29, 0.717) is 18.4 Å². The summed E-state index contributed by atoms with van der Waals surface area (Å²) >= 11 is 3.30. The van der Waals surface area contributed by atoms with E-state index in [1.807, 2.05) is 11.8 Å². The molecule has 0 aromatic rings. The normalized spacial score (nSPS) is 28.3. The highest BCUT2D eigenvalue weighted by Gasteiger charge is 2.30. The first-order valence-corrected chi connectivity index (χ1v) is 6.17. The van der Waals surface area contributed by atoms with Gasteiger partial charge in [0.1, 0.15) is 0 Å². The molecule has 0 saturated carbocycles. The van der Waals surface area contributed by atoms with Gasteiger partial charge in [-0.15, -0.1) is 13.2 Å². The Morgan fingerprint density at radius 1 is 1.44 bits per heavy atom. The van der Waals surface area contributed by atoms with Crippen LogP contribution in [0.2, 0.25) is 0 Å². The predicted octanol–water partition coefficient (Wildman–Crippen LogP) is 2.01. The fraction of sp³-hybridized carbons (Fsp3) is 1.00. The molecule has 0 aliphatic carbocycles. The highest BCUT2D eigenvalue weighted by atomic mass is 79.9. The van der Waals surface area contributed by atoms with Crippen LogP contribution in [0.5, 0.6) is 0 Å². The number of nitrogens with zero attached hydrogens (tertiary/aromatic N) is 1. The van der Waals surface area contributed by atoms with Gasteiger partial charge in [0, 0.05) is 25.0 Å². The zero-order valence-corrected chi connectivity index (χ0v) is 10.6. The molecule has 0 spiro atoms. The van der Waals surface area contributed by atoms with Crippen molar-refractivity contribution >= 4 is 15.9 Å². The Labute approximate surface area is 101 Å². The van der Waals surface area contributed by atoms with Crippen molar-refractivity contribution in [3.8, 4) is 0 Å². The lowest BCUT2D eigenvalue weighted by Gasteiger charge is -2.36. The number of ether oxygens (including phenoxy) is 2. The van der Waals surface area contributed by atoms with Gasteiger partial charge in [-0.25, -0.2) is 0 Å². The predicted molar refractivity (Wildman–Crippen MR) is 56.6 cm³/mol. The van der Waals surface area contributed by atoms with Crippen molar-refractivity contribution in [2.45, 2.75) is 25.5 Å². The van der Waals surface area contributed by atoms with Crippen LogP contribution in [-0.2, 0) is 9.47 Å². The summed E-state index contributed by atoms with van der Waals surface area (Å²) in [6.07, 6.45) is -4.45. The minimum absolute atomic E-state index is 0.0367. The van der Waals surface area contributed by atoms with Crippen molar-refractivity contribution in [3.05, 3.63) is 0 Å². The summed E-state index contributed by atoms with van der Waals surface area (Å²) in [4.78, 5) is 1.92. The number of alkyl halides is 4. The summed E-state index contributed by atoms with van der Waals surface area (Å²) in [5, 5.41) is 0.688. The lowest BCUT2D eigenvalue weighted by molar-refractivity contribution is -0.325. The Hall–Kier alpha value is 0.150. The van der Waals surface area contributed by atoms with Crippen LogP contribution < -0.4 is 0 Å². The first-order valence-electron chi connectivity index (χ1n) is 5.05. The fourth-order valence-electron chi connectivity index (χ4n) is 1.70. The van der Waals surface area contributed by atoms with Crippen molar-refractivity contribution in [1.82, 2.24) is 4.90 Å². The molecule has 0 aromatic heterocycles. The molecule has 1 aliphatic heterocycles. The molecule has 2 unspecified atom stereocenters. The zero-order valence-electron chi connectivity index (χ0n) is 8.97. The molecule has 1 rings (SSSR count). The van der Waals surface area contributed by atoms with Gasteiger partial charge in [0.2, 0.25) is 0 Å². The van der Waals surface area contributed by atoms with E-state index in [-0.39, 0.29) is 25.4 Å². The van der Waals surface area contributed by atoms with Gasteiger partial charge in [-0.2, -0.15) is 0 Å². The Bertz CT molecular complexity index is 215. The van der Waals surface area contributed by atoms with Crippen LogP contribution in [0.1, 0.15) is 6.92 Å². The summed E-state index contributed by atoms with van der Waals surface area (Å²) in [5.41, 5.74) is 0. The van der Waals surface area contributed by atoms with Gasteiger partial charge in [-0.3, -0.25) is 9.64 Å². The Morgan fingerprint density at radius 2 is 2.12 bits per heavy atom. The van der Waals surface area contributed by atoms with Gasteiger partial charge in [0.05, 0.1) is 18.8 Å². The molecule has 7 heteroatoms. The lowest BCUT2D eigenvalue weighted by atomic mass is 10.2. The third-order valence-electron chi connectivity index (χ3n) is 2.25. The third-order valence-corrected chi connectivity index (χ3v) is 2.97. The van der Waals surface area contributed by atoms with Crippen molar-refractivity contribution in [2.24, 2.45) is 0 Å². The number of hydrogen-bond donors (Lipinski definition) is 0. The maximum Gasteiger partial charge on any atom is 0.522 e. The molecule has 0 amide bonds. The second-order valence-electron chi connectivity index (χ2n) is 3.78. The second-order valence-corrected chi connectivity index (χ2v) is 4.42. The zero-order chi connectivity index (χ0) is 12.2. The van der Waals surface area contributed by atoms with Crippen LogP contribution in [0.25, 0.3) is 0 Å². The monoisotopic (exact) mass is 305 g/mol. The Kier molecular flexibility index (Phi) is 5.49. The first-order chi connectivity index (χ1) is 7.40. The molecule has 1 saturated heterocycles. The van der Waals surface area contributed by atoms with Gasteiger partial charge in [-0.05, 0) is 6.92 Å². The molecule has 0 bridgehead atoms. The van der Waals surface area contributed by atoms with Crippen LogP contribution in [-0.4, -0.2) is 55.0 Å². The number of morpholine rings is 1. The molecular formula is C9H15BrF3NO2. The fourth-order valence-corrected chi connectivity index (χ4v) is 2.06. The maximum absolute atomic E-state index is 11.8. The maximum atomic E-state index is 11.8. The molecular weight excluding hydrogens is 291 g/mol. The SMILES string of the molecule is CC1CN(CCOC(F)(F)F)CC(CBr)O1. The van der Waals surface area contributed by atoms with E-state index in [4.69, 9.17) is 4.74 Å². The second kappa shape index (κ2) is 6.18. The lowest BCUT2D eigenvalue weighted by Crippen LogP contribution is -2.48. The topological polar surface area (TPSA) is 21.7 Å². The Morgan fingerprint density at radius 3 is 2.69 bits per heavy atom. The molecule has 1 aliphatic rings. The highest BCUT2D eigenvalue weighted by molar-refractivity contribution is 9.09. The van der Waals surface area contributed by atoms with Crippen molar-refractivity contribution in [3.63, 3.8) is 0 Å². The smallest absolute Gasteiger partial charge is 0.372 e. The third kappa shape index (κ3) is 5.47. The minimum Gasteiger partial charge on any atom is -0.372 e. The largest absolute Gasteiger partial charge is 0.522 e. The molecule has 2 atom stereocenters. The molecule has 1 fully saturated rings. The van der Waals surface area contributed by atoms with E-state index < -0.39 is 6.36 Å². The summed E-state index contributed by atoms with van der Waals surface area (Å²) in [7, 11) is 0. The molecule has 0 aromatic carbocycles. The van der Waals surface area contributed by atoms with E-state index in [0.717, 1.165) is 0 Å². The highest BCUT2D eigenvalue weighted by Crippen LogP contribution is 2.17. The van der Waals surface area contributed by atoms with E-state index in [1.165, 1.54) is 0 Å². The van der Waals surface area contributed by atoms with E-state index in [2.05, 4.69) is 20.7 Å².